The quantitative estimate of drug-likeness (QED) is 0.423. The van der Waals surface area contributed by atoms with Crippen molar-refractivity contribution in [2.75, 3.05) is 33.7 Å². The van der Waals surface area contributed by atoms with Crippen LogP contribution < -0.4 is 5.73 Å². The van der Waals surface area contributed by atoms with Crippen molar-refractivity contribution in [1.82, 2.24) is 0 Å². The molecule has 0 saturated carbocycles. The van der Waals surface area contributed by atoms with Crippen molar-refractivity contribution in [3.63, 3.8) is 0 Å². The number of hydrogen-bond donors (Lipinski definition) is 1. The van der Waals surface area contributed by atoms with E-state index in [1.165, 1.54) is 0 Å². The number of nitrogens with two attached hydrogens (primary N) is 1. The van der Waals surface area contributed by atoms with E-state index < -0.39 is 0 Å². The molecular weight excluding hydrogens is 146 g/mol. The second-order valence-electron chi connectivity index (χ2n) is 2.09. The molecule has 0 heterocycles. The highest BCUT2D eigenvalue weighted by Crippen LogP contribution is 1.90. The smallest absolute Gasteiger partial charge is 0.147 e. The molecular formula is C7H17NO3. The van der Waals surface area contributed by atoms with E-state index in [0.717, 1.165) is 0 Å². The van der Waals surface area contributed by atoms with E-state index in [2.05, 4.69) is 0 Å². The van der Waals surface area contributed by atoms with Crippen LogP contribution in [0.4, 0.5) is 0 Å². The Labute approximate surface area is 67.6 Å². The zero-order valence-corrected chi connectivity index (χ0v) is 7.21. The minimum atomic E-state index is -0.0495. The predicted octanol–water partition coefficient (Wildman–Crippen LogP) is -0.0293. The lowest BCUT2D eigenvalue weighted by atomic mass is 10.4. The lowest BCUT2D eigenvalue weighted by Crippen LogP contribution is -2.29. The van der Waals surface area contributed by atoms with E-state index in [4.69, 9.17) is 19.9 Å². The number of ether oxygens (including phenoxy) is 3. The van der Waals surface area contributed by atoms with Crippen LogP contribution in [0.3, 0.4) is 0 Å². The molecule has 0 aliphatic heterocycles. The maximum atomic E-state index is 5.38. The fourth-order valence-corrected chi connectivity index (χ4v) is 0.598. The molecule has 0 aromatic heterocycles. The first-order valence-electron chi connectivity index (χ1n) is 3.73. The van der Waals surface area contributed by atoms with E-state index in [-0.39, 0.29) is 6.10 Å². The van der Waals surface area contributed by atoms with Gasteiger partial charge >= 0.3 is 0 Å². The maximum Gasteiger partial charge on any atom is 0.147 e. The molecule has 0 aromatic carbocycles. The van der Waals surface area contributed by atoms with Crippen LogP contribution in [0.25, 0.3) is 0 Å². The first-order chi connectivity index (χ1) is 5.35. The van der Waals surface area contributed by atoms with Gasteiger partial charge in [0.2, 0.25) is 0 Å². The molecule has 0 aliphatic carbocycles. The zero-order chi connectivity index (χ0) is 8.53. The third kappa shape index (κ3) is 6.25. The summed E-state index contributed by atoms with van der Waals surface area (Å²) >= 11 is 0. The average molecular weight is 163 g/mol. The molecule has 68 valence electrons. The summed E-state index contributed by atoms with van der Waals surface area (Å²) in [5.74, 6) is 0. The Morgan fingerprint density at radius 2 is 2.18 bits per heavy atom. The molecule has 4 heteroatoms. The summed E-state index contributed by atoms with van der Waals surface area (Å²) in [6.45, 7) is 3.84. The normalized spacial score (nSPS) is 13.4. The van der Waals surface area contributed by atoms with Crippen molar-refractivity contribution in [1.29, 1.82) is 0 Å². The molecule has 0 aromatic rings. The van der Waals surface area contributed by atoms with Gasteiger partial charge in [0.15, 0.2) is 0 Å². The van der Waals surface area contributed by atoms with Crippen LogP contribution in [0, 0.1) is 0 Å². The molecule has 4 nitrogen and oxygen atoms in total. The second-order valence-corrected chi connectivity index (χ2v) is 2.09. The Morgan fingerprint density at radius 1 is 1.45 bits per heavy atom. The minimum Gasteiger partial charge on any atom is -0.382 e. The molecule has 1 atom stereocenters. The molecule has 0 bridgehead atoms. The van der Waals surface area contributed by atoms with Crippen LogP contribution in [0.15, 0.2) is 0 Å². The fraction of sp³-hybridized carbons (Fsp3) is 1.00. The number of methoxy groups -OCH3 is 1. The Morgan fingerprint density at radius 3 is 2.64 bits per heavy atom. The third-order valence-electron chi connectivity index (χ3n) is 1.21. The second kappa shape index (κ2) is 7.94. The monoisotopic (exact) mass is 163 g/mol. The van der Waals surface area contributed by atoms with E-state index in [9.17, 15) is 0 Å². The van der Waals surface area contributed by atoms with Crippen molar-refractivity contribution >= 4 is 0 Å². The molecule has 1 unspecified atom stereocenters. The van der Waals surface area contributed by atoms with Gasteiger partial charge in [-0.1, -0.05) is 0 Å². The summed E-state index contributed by atoms with van der Waals surface area (Å²) in [6, 6.07) is 0. The summed E-state index contributed by atoms with van der Waals surface area (Å²) in [6.07, 6.45) is -0.0495. The van der Waals surface area contributed by atoms with Gasteiger partial charge in [0.25, 0.3) is 0 Å². The van der Waals surface area contributed by atoms with Gasteiger partial charge in [-0.2, -0.15) is 0 Å². The summed E-state index contributed by atoms with van der Waals surface area (Å²) in [7, 11) is 1.62. The van der Waals surface area contributed by atoms with Crippen LogP contribution in [-0.2, 0) is 14.2 Å². The number of hydrogen-bond acceptors (Lipinski definition) is 4. The van der Waals surface area contributed by atoms with E-state index in [0.29, 0.717) is 26.6 Å². The lowest BCUT2D eigenvalue weighted by molar-refractivity contribution is -0.1000. The molecule has 0 radical (unpaired) electrons. The summed E-state index contributed by atoms with van der Waals surface area (Å²) in [5, 5.41) is 0. The third-order valence-corrected chi connectivity index (χ3v) is 1.21. The molecule has 11 heavy (non-hydrogen) atoms. The Hall–Kier alpha value is -0.160. The fourth-order valence-electron chi connectivity index (χ4n) is 0.598. The van der Waals surface area contributed by atoms with Crippen molar-refractivity contribution in [2.45, 2.75) is 13.0 Å². The lowest BCUT2D eigenvalue weighted by Gasteiger charge is -2.14. The van der Waals surface area contributed by atoms with Crippen molar-refractivity contribution < 1.29 is 14.2 Å². The van der Waals surface area contributed by atoms with Crippen molar-refractivity contribution in [3.05, 3.63) is 0 Å². The van der Waals surface area contributed by atoms with E-state index >= 15 is 0 Å². The molecule has 0 rings (SSSR count). The highest BCUT2D eigenvalue weighted by atomic mass is 16.7. The van der Waals surface area contributed by atoms with E-state index in [1.807, 2.05) is 6.92 Å². The average Bonchev–Trinajstić information content (AvgIpc) is 2.03. The molecule has 0 saturated heterocycles. The Bertz CT molecular complexity index is 80.1. The largest absolute Gasteiger partial charge is 0.382 e. The Kier molecular flexibility index (Phi) is 7.83. The summed E-state index contributed by atoms with van der Waals surface area (Å²) in [4.78, 5) is 0. The highest BCUT2D eigenvalue weighted by Gasteiger charge is 2.04. The van der Waals surface area contributed by atoms with Crippen LogP contribution >= 0.6 is 0 Å². The SMILES string of the molecule is CCOCOC(CN)COC. The van der Waals surface area contributed by atoms with Crippen LogP contribution in [-0.4, -0.2) is 39.8 Å². The predicted molar refractivity (Wildman–Crippen MR) is 42.3 cm³/mol. The molecule has 0 fully saturated rings. The number of rotatable bonds is 7. The Balaban J connectivity index is 3.20. The van der Waals surface area contributed by atoms with Crippen molar-refractivity contribution in [3.8, 4) is 0 Å². The van der Waals surface area contributed by atoms with Gasteiger partial charge < -0.3 is 19.9 Å². The summed E-state index contributed by atoms with van der Waals surface area (Å²) in [5.41, 5.74) is 5.38. The topological polar surface area (TPSA) is 53.7 Å². The van der Waals surface area contributed by atoms with Crippen LogP contribution in [0.2, 0.25) is 0 Å². The van der Waals surface area contributed by atoms with Gasteiger partial charge in [-0.15, -0.1) is 0 Å². The van der Waals surface area contributed by atoms with Gasteiger partial charge in [-0.3, -0.25) is 0 Å². The minimum absolute atomic E-state index is 0.0495. The summed E-state index contributed by atoms with van der Waals surface area (Å²) < 4.78 is 15.0. The van der Waals surface area contributed by atoms with Gasteiger partial charge in [0.1, 0.15) is 6.79 Å². The first kappa shape index (κ1) is 10.8. The van der Waals surface area contributed by atoms with Gasteiger partial charge in [-0.25, -0.2) is 0 Å². The molecule has 0 amide bonds. The van der Waals surface area contributed by atoms with Gasteiger partial charge in [0, 0.05) is 20.3 Å². The standard InChI is InChI=1S/C7H17NO3/c1-3-10-6-11-7(4-8)5-9-2/h7H,3-6,8H2,1-2H3. The van der Waals surface area contributed by atoms with Crippen molar-refractivity contribution in [2.24, 2.45) is 5.73 Å². The molecule has 0 aliphatic rings. The van der Waals surface area contributed by atoms with Crippen LogP contribution in [0.5, 0.6) is 0 Å². The molecule has 2 N–H and O–H groups in total. The van der Waals surface area contributed by atoms with Crippen LogP contribution in [0.1, 0.15) is 6.92 Å². The molecule has 0 spiro atoms. The first-order valence-corrected chi connectivity index (χ1v) is 3.73. The zero-order valence-electron chi connectivity index (χ0n) is 7.21. The van der Waals surface area contributed by atoms with Gasteiger partial charge in [0.05, 0.1) is 12.7 Å². The van der Waals surface area contributed by atoms with E-state index in [1.54, 1.807) is 7.11 Å². The maximum absolute atomic E-state index is 5.38. The highest BCUT2D eigenvalue weighted by molar-refractivity contribution is 4.54. The van der Waals surface area contributed by atoms with Gasteiger partial charge in [-0.05, 0) is 6.92 Å².